The van der Waals surface area contributed by atoms with Crippen molar-refractivity contribution < 1.29 is 43.7 Å². The number of carbonyl (C=O) groups is 6. The Morgan fingerprint density at radius 3 is 1.96 bits per heavy atom. The van der Waals surface area contributed by atoms with Crippen LogP contribution in [0.1, 0.15) is 45.2 Å². The molecule has 13 nitrogen and oxygen atoms in total. The van der Waals surface area contributed by atoms with Crippen molar-refractivity contribution in [3.63, 3.8) is 0 Å². The molecule has 2 rings (SSSR count). The molecule has 0 saturated carbocycles. The fourth-order valence-electron chi connectivity index (χ4n) is 4.22. The first kappa shape index (κ1) is 38.0. The van der Waals surface area contributed by atoms with Gasteiger partial charge in [-0.1, -0.05) is 55.2 Å². The highest BCUT2D eigenvalue weighted by Gasteiger charge is 2.31. The van der Waals surface area contributed by atoms with Gasteiger partial charge in [-0.25, -0.2) is 0 Å². The number of aromatic hydroxyl groups is 1. The second-order valence-corrected chi connectivity index (χ2v) is 11.7. The summed E-state index contributed by atoms with van der Waals surface area (Å²) in [6.45, 7) is 5.22. The number of benzene rings is 2. The van der Waals surface area contributed by atoms with Crippen molar-refractivity contribution in [3.8, 4) is 5.75 Å². The zero-order chi connectivity index (χ0) is 34.6. The number of carboxylic acid groups (broad SMARTS) is 1. The van der Waals surface area contributed by atoms with Crippen LogP contribution in [0.2, 0.25) is 10.0 Å². The van der Waals surface area contributed by atoms with Gasteiger partial charge >= 0.3 is 5.97 Å². The Hall–Kier alpha value is -4.20. The van der Waals surface area contributed by atoms with Gasteiger partial charge in [0.25, 0.3) is 0 Å². The summed E-state index contributed by atoms with van der Waals surface area (Å²) < 4.78 is 5.38. The molecule has 46 heavy (non-hydrogen) atoms. The van der Waals surface area contributed by atoms with Crippen LogP contribution in [0.5, 0.6) is 5.75 Å². The van der Waals surface area contributed by atoms with Crippen LogP contribution >= 0.6 is 23.2 Å². The summed E-state index contributed by atoms with van der Waals surface area (Å²) in [5, 5.41) is 29.4. The number of nitrogens with one attached hydrogen (secondary N) is 4. The number of carboxylic acids is 1. The Balaban J connectivity index is 2.04. The molecule has 0 fully saturated rings. The number of hydrogen-bond donors (Lipinski definition) is 6. The first-order valence-corrected chi connectivity index (χ1v) is 15.1. The van der Waals surface area contributed by atoms with E-state index in [4.69, 9.17) is 27.9 Å². The molecular formula is C31H38Cl2N4O9. The van der Waals surface area contributed by atoms with Gasteiger partial charge in [0.15, 0.2) is 5.78 Å². The highest BCUT2D eigenvalue weighted by Crippen LogP contribution is 2.24. The molecule has 0 aliphatic carbocycles. The van der Waals surface area contributed by atoms with E-state index in [0.717, 1.165) is 0 Å². The van der Waals surface area contributed by atoms with Crippen LogP contribution in [0, 0.1) is 5.92 Å². The molecule has 2 aromatic carbocycles. The van der Waals surface area contributed by atoms with Crippen LogP contribution in [-0.2, 0) is 46.5 Å². The van der Waals surface area contributed by atoms with E-state index in [0.29, 0.717) is 21.2 Å². The van der Waals surface area contributed by atoms with Crippen molar-refractivity contribution in [2.24, 2.45) is 5.92 Å². The number of hydrogen-bond acceptors (Lipinski definition) is 8. The predicted octanol–water partition coefficient (Wildman–Crippen LogP) is 2.14. The Kier molecular flexibility index (Phi) is 14.9. The van der Waals surface area contributed by atoms with E-state index in [9.17, 15) is 39.0 Å². The molecule has 0 aliphatic rings. The summed E-state index contributed by atoms with van der Waals surface area (Å²) in [7, 11) is 0. The maximum atomic E-state index is 13.2. The third-order valence-corrected chi connectivity index (χ3v) is 7.41. The van der Waals surface area contributed by atoms with Gasteiger partial charge in [-0.05, 0) is 42.7 Å². The zero-order valence-corrected chi connectivity index (χ0v) is 27.3. The van der Waals surface area contributed by atoms with Crippen LogP contribution in [0.15, 0.2) is 42.5 Å². The molecular weight excluding hydrogens is 643 g/mol. The largest absolute Gasteiger partial charge is 0.508 e. The van der Waals surface area contributed by atoms with E-state index in [1.807, 2.05) is 0 Å². The summed E-state index contributed by atoms with van der Waals surface area (Å²) in [5.74, 6) is -5.20. The summed E-state index contributed by atoms with van der Waals surface area (Å²) >= 11 is 12.2. The lowest BCUT2D eigenvalue weighted by atomic mass is 10.0. The Bertz CT molecular complexity index is 1400. The number of amides is 4. The van der Waals surface area contributed by atoms with Crippen LogP contribution in [0.3, 0.4) is 0 Å². The summed E-state index contributed by atoms with van der Waals surface area (Å²) in [5.41, 5.74) is 1.08. The van der Waals surface area contributed by atoms with Crippen molar-refractivity contribution in [1.29, 1.82) is 0 Å². The van der Waals surface area contributed by atoms with E-state index in [2.05, 4.69) is 21.3 Å². The van der Waals surface area contributed by atoms with Crippen molar-refractivity contribution in [1.82, 2.24) is 21.3 Å². The van der Waals surface area contributed by atoms with E-state index in [1.165, 1.54) is 26.0 Å². The SMILES string of the molecule is CC(=O)N[C@@H](Cc1ccc(O)cc1)C(=O)N[C@H](C(=O)N[C@@H](C)C(=O)N[C@@H](CC(=O)O)C(=O)COCc1c(Cl)cccc1Cl)C(C)C. The van der Waals surface area contributed by atoms with Gasteiger partial charge in [-0.3, -0.25) is 28.8 Å². The van der Waals surface area contributed by atoms with E-state index in [-0.39, 0.29) is 18.8 Å². The number of carbonyl (C=O) groups excluding carboxylic acids is 5. The number of aliphatic carboxylic acids is 1. The molecule has 0 heterocycles. The minimum absolute atomic E-state index is 0.0322. The molecule has 250 valence electrons. The summed E-state index contributed by atoms with van der Waals surface area (Å²) in [6.07, 6.45) is -0.664. The van der Waals surface area contributed by atoms with Crippen LogP contribution < -0.4 is 21.3 Å². The number of rotatable bonds is 17. The molecule has 0 bridgehead atoms. The molecule has 2 aromatic rings. The van der Waals surface area contributed by atoms with Gasteiger partial charge in [-0.2, -0.15) is 0 Å². The first-order chi connectivity index (χ1) is 21.6. The lowest BCUT2D eigenvalue weighted by Gasteiger charge is -2.27. The number of Topliss-reactive ketones (excluding diaryl/α,β-unsaturated/α-hetero) is 1. The number of halogens is 2. The van der Waals surface area contributed by atoms with Gasteiger partial charge < -0.3 is 36.2 Å². The maximum absolute atomic E-state index is 13.2. The van der Waals surface area contributed by atoms with Gasteiger partial charge in [-0.15, -0.1) is 0 Å². The fourth-order valence-corrected chi connectivity index (χ4v) is 4.73. The van der Waals surface area contributed by atoms with Gasteiger partial charge in [0.1, 0.15) is 36.5 Å². The lowest BCUT2D eigenvalue weighted by molar-refractivity contribution is -0.141. The molecule has 6 N–H and O–H groups in total. The normalized spacial score (nSPS) is 13.5. The van der Waals surface area contributed by atoms with Crippen molar-refractivity contribution in [3.05, 3.63) is 63.6 Å². The lowest BCUT2D eigenvalue weighted by Crippen LogP contribution is -2.58. The highest BCUT2D eigenvalue weighted by atomic mass is 35.5. The van der Waals surface area contributed by atoms with Crippen LogP contribution in [0.25, 0.3) is 0 Å². The summed E-state index contributed by atoms with van der Waals surface area (Å²) in [6, 6.07) is 6.00. The first-order valence-electron chi connectivity index (χ1n) is 14.3. The topological polar surface area (TPSA) is 200 Å². The summed E-state index contributed by atoms with van der Waals surface area (Å²) in [4.78, 5) is 75.3. The minimum Gasteiger partial charge on any atom is -0.508 e. The van der Waals surface area contributed by atoms with Gasteiger partial charge in [0.05, 0.1) is 13.0 Å². The van der Waals surface area contributed by atoms with Gasteiger partial charge in [0, 0.05) is 29.0 Å². The molecule has 4 amide bonds. The van der Waals surface area contributed by atoms with E-state index >= 15 is 0 Å². The molecule has 4 atom stereocenters. The minimum atomic E-state index is -1.47. The second-order valence-electron chi connectivity index (χ2n) is 10.9. The Morgan fingerprint density at radius 1 is 0.804 bits per heavy atom. The zero-order valence-electron chi connectivity index (χ0n) is 25.8. The quantitative estimate of drug-likeness (QED) is 0.145. The molecule has 0 aromatic heterocycles. The van der Waals surface area contributed by atoms with Crippen LogP contribution in [-0.4, -0.2) is 76.4 Å². The highest BCUT2D eigenvalue weighted by molar-refractivity contribution is 6.35. The van der Waals surface area contributed by atoms with E-state index in [1.54, 1.807) is 44.2 Å². The molecule has 15 heteroatoms. The average Bonchev–Trinajstić information content (AvgIpc) is 2.96. The Morgan fingerprint density at radius 2 is 1.41 bits per heavy atom. The Labute approximate surface area is 276 Å². The van der Waals surface area contributed by atoms with Crippen LogP contribution in [0.4, 0.5) is 0 Å². The van der Waals surface area contributed by atoms with Crippen molar-refractivity contribution >= 4 is 58.6 Å². The molecule has 0 radical (unpaired) electrons. The standard InChI is InChI=1S/C31H38Cl2N4O9/c1-16(2)28(37-30(44)25(35-18(4)38)12-19-8-10-20(39)11-9-19)31(45)34-17(3)29(43)36-24(13-27(41)42)26(40)15-46-14-21-22(32)6-5-7-23(21)33/h5-11,16-17,24-25,28,39H,12-15H2,1-4H3,(H,34,45)(H,35,38)(H,36,43)(H,37,44)(H,41,42)/t17-,24-,25-,28-/m0/s1. The predicted molar refractivity (Wildman–Crippen MR) is 169 cm³/mol. The van der Waals surface area contributed by atoms with Crippen molar-refractivity contribution in [2.75, 3.05) is 6.61 Å². The number of phenolic OH excluding ortho intramolecular Hbond substituents is 1. The van der Waals surface area contributed by atoms with Gasteiger partial charge in [0.2, 0.25) is 23.6 Å². The third kappa shape index (κ3) is 12.3. The monoisotopic (exact) mass is 680 g/mol. The average molecular weight is 682 g/mol. The molecule has 0 aliphatic heterocycles. The van der Waals surface area contributed by atoms with Crippen molar-refractivity contribution in [2.45, 2.75) is 71.3 Å². The number of ketones is 1. The van der Waals surface area contributed by atoms with E-state index < -0.39 is 78.5 Å². The molecule has 0 saturated heterocycles. The third-order valence-electron chi connectivity index (χ3n) is 6.71. The fraction of sp³-hybridized carbons (Fsp3) is 0.419. The molecule has 0 unspecified atom stereocenters. The second kappa shape index (κ2) is 18.1. The number of ether oxygens (including phenoxy) is 1. The smallest absolute Gasteiger partial charge is 0.305 e. The number of phenols is 1. The molecule has 0 spiro atoms. The maximum Gasteiger partial charge on any atom is 0.305 e.